The number of aliphatic hydroxyl groups is 1. The van der Waals surface area contributed by atoms with Crippen molar-refractivity contribution in [1.29, 1.82) is 0 Å². The molecule has 1 aromatic carbocycles. The molecule has 134 valence electrons. The largest absolute Gasteiger partial charge is 0.390 e. The molecule has 3 rings (SSSR count). The van der Waals surface area contributed by atoms with Crippen LogP contribution in [-0.2, 0) is 11.3 Å². The molecule has 0 aliphatic carbocycles. The van der Waals surface area contributed by atoms with Gasteiger partial charge in [-0.15, -0.1) is 10.2 Å². The maximum atomic E-state index is 13.0. The number of tetrazole rings is 1. The molecule has 0 unspecified atom stereocenters. The summed E-state index contributed by atoms with van der Waals surface area (Å²) in [7, 11) is 0. The van der Waals surface area contributed by atoms with Gasteiger partial charge in [-0.05, 0) is 49.2 Å². The van der Waals surface area contributed by atoms with Crippen molar-refractivity contribution in [1.82, 2.24) is 25.1 Å². The predicted octanol–water partition coefficient (Wildman–Crippen LogP) is 1.49. The summed E-state index contributed by atoms with van der Waals surface area (Å²) < 4.78 is 13.0. The van der Waals surface area contributed by atoms with Crippen molar-refractivity contribution < 1.29 is 14.3 Å². The van der Waals surface area contributed by atoms with Crippen LogP contribution in [0.15, 0.2) is 24.3 Å². The first kappa shape index (κ1) is 17.5. The zero-order chi connectivity index (χ0) is 18.0. The van der Waals surface area contributed by atoms with Crippen LogP contribution in [-0.4, -0.2) is 54.8 Å². The van der Waals surface area contributed by atoms with Crippen molar-refractivity contribution in [3.63, 3.8) is 0 Å². The Bertz CT molecular complexity index is 744. The number of amides is 1. The van der Waals surface area contributed by atoms with Gasteiger partial charge >= 0.3 is 0 Å². The van der Waals surface area contributed by atoms with Crippen LogP contribution >= 0.6 is 0 Å². The lowest BCUT2D eigenvalue weighted by atomic mass is 9.81. The smallest absolute Gasteiger partial charge is 0.246 e. The minimum absolute atomic E-state index is 0.00717. The van der Waals surface area contributed by atoms with Gasteiger partial charge in [0, 0.05) is 24.6 Å². The minimum atomic E-state index is -0.729. The maximum absolute atomic E-state index is 13.0. The highest BCUT2D eigenvalue weighted by atomic mass is 19.1. The quantitative estimate of drug-likeness (QED) is 0.906. The average molecular weight is 347 g/mol. The van der Waals surface area contributed by atoms with Gasteiger partial charge in [0.1, 0.15) is 12.4 Å². The Kier molecular flexibility index (Phi) is 4.80. The second-order valence-corrected chi connectivity index (χ2v) is 6.70. The standard InChI is InChI=1S/C17H22FN5O2/c1-3-13-10-22(9-8-17(13,2)25)15(24)11-23-20-16(19-21-23)12-4-6-14(18)7-5-12/h4-7,13,25H,3,8-11H2,1-2H3/t13-,17+/m0/s1. The highest BCUT2D eigenvalue weighted by Crippen LogP contribution is 2.29. The van der Waals surface area contributed by atoms with Crippen LogP contribution in [0, 0.1) is 11.7 Å². The van der Waals surface area contributed by atoms with Gasteiger partial charge in [-0.2, -0.15) is 4.80 Å². The molecule has 7 nitrogen and oxygen atoms in total. The Hall–Kier alpha value is -2.35. The molecule has 8 heteroatoms. The van der Waals surface area contributed by atoms with Gasteiger partial charge in [0.15, 0.2) is 0 Å². The summed E-state index contributed by atoms with van der Waals surface area (Å²) in [5.41, 5.74) is -0.0903. The lowest BCUT2D eigenvalue weighted by Gasteiger charge is -2.42. The number of hydrogen-bond donors (Lipinski definition) is 1. The van der Waals surface area contributed by atoms with Crippen molar-refractivity contribution in [3.8, 4) is 11.4 Å². The van der Waals surface area contributed by atoms with Crippen LogP contribution in [0.5, 0.6) is 0 Å². The van der Waals surface area contributed by atoms with Crippen LogP contribution < -0.4 is 0 Å². The molecule has 1 aromatic heterocycles. The predicted molar refractivity (Wildman–Crippen MR) is 88.8 cm³/mol. The fourth-order valence-corrected chi connectivity index (χ4v) is 3.16. The van der Waals surface area contributed by atoms with Gasteiger partial charge in [-0.1, -0.05) is 6.92 Å². The van der Waals surface area contributed by atoms with E-state index in [9.17, 15) is 14.3 Å². The number of carbonyl (C=O) groups excluding carboxylic acids is 1. The number of halogens is 1. The topological polar surface area (TPSA) is 84.1 Å². The lowest BCUT2D eigenvalue weighted by molar-refractivity contribution is -0.140. The van der Waals surface area contributed by atoms with E-state index in [1.165, 1.54) is 16.9 Å². The van der Waals surface area contributed by atoms with Crippen molar-refractivity contribution in [2.45, 2.75) is 38.8 Å². The summed E-state index contributed by atoms with van der Waals surface area (Å²) in [4.78, 5) is 15.5. The summed E-state index contributed by atoms with van der Waals surface area (Å²) in [6.07, 6.45) is 1.37. The van der Waals surface area contributed by atoms with Crippen LogP contribution in [0.3, 0.4) is 0 Å². The number of rotatable bonds is 4. The first-order chi connectivity index (χ1) is 11.9. The van der Waals surface area contributed by atoms with Crippen molar-refractivity contribution in [2.75, 3.05) is 13.1 Å². The third kappa shape index (κ3) is 3.84. The molecule has 0 radical (unpaired) electrons. The number of hydrogen-bond acceptors (Lipinski definition) is 5. The molecule has 0 spiro atoms. The molecule has 2 atom stereocenters. The van der Waals surface area contributed by atoms with Crippen molar-refractivity contribution in [3.05, 3.63) is 30.1 Å². The number of aromatic nitrogens is 4. The summed E-state index contributed by atoms with van der Waals surface area (Å²) in [6.45, 7) is 4.88. The normalized spacial score (nSPS) is 23.7. The number of carbonyl (C=O) groups is 1. The second kappa shape index (κ2) is 6.87. The van der Waals surface area contributed by atoms with Crippen LogP contribution in [0.25, 0.3) is 11.4 Å². The van der Waals surface area contributed by atoms with E-state index >= 15 is 0 Å². The van der Waals surface area contributed by atoms with Crippen LogP contribution in [0.4, 0.5) is 4.39 Å². The molecule has 2 heterocycles. The van der Waals surface area contributed by atoms with Crippen molar-refractivity contribution >= 4 is 5.91 Å². The molecule has 1 aliphatic heterocycles. The average Bonchev–Trinajstić information content (AvgIpc) is 3.03. The Morgan fingerprint density at radius 3 is 2.80 bits per heavy atom. The Morgan fingerprint density at radius 2 is 2.12 bits per heavy atom. The number of nitrogens with zero attached hydrogens (tertiary/aromatic N) is 5. The summed E-state index contributed by atoms with van der Waals surface area (Å²) >= 11 is 0. The van der Waals surface area contributed by atoms with Gasteiger partial charge in [0.25, 0.3) is 0 Å². The molecule has 1 aliphatic rings. The van der Waals surface area contributed by atoms with E-state index in [0.717, 1.165) is 6.42 Å². The fourth-order valence-electron chi connectivity index (χ4n) is 3.16. The zero-order valence-electron chi connectivity index (χ0n) is 14.4. The molecule has 1 fully saturated rings. The fraction of sp³-hybridized carbons (Fsp3) is 0.529. The molecular weight excluding hydrogens is 325 g/mol. The number of benzene rings is 1. The Balaban J connectivity index is 1.65. The monoisotopic (exact) mass is 347 g/mol. The molecule has 1 N–H and O–H groups in total. The summed E-state index contributed by atoms with van der Waals surface area (Å²) in [5, 5.41) is 22.4. The van der Waals surface area contributed by atoms with Gasteiger partial charge < -0.3 is 10.0 Å². The zero-order valence-corrected chi connectivity index (χ0v) is 14.4. The molecular formula is C17H22FN5O2. The molecule has 1 amide bonds. The van der Waals surface area contributed by atoms with Gasteiger partial charge in [-0.25, -0.2) is 4.39 Å². The van der Waals surface area contributed by atoms with Gasteiger partial charge in [0.05, 0.1) is 5.60 Å². The van der Waals surface area contributed by atoms with E-state index in [0.29, 0.717) is 30.9 Å². The molecule has 0 bridgehead atoms. The number of piperidine rings is 1. The highest BCUT2D eigenvalue weighted by Gasteiger charge is 2.37. The first-order valence-electron chi connectivity index (χ1n) is 8.43. The van der Waals surface area contributed by atoms with E-state index in [-0.39, 0.29) is 24.2 Å². The molecule has 0 saturated carbocycles. The van der Waals surface area contributed by atoms with Crippen LogP contribution in [0.1, 0.15) is 26.7 Å². The lowest BCUT2D eigenvalue weighted by Crippen LogP contribution is -2.52. The van der Waals surface area contributed by atoms with Gasteiger partial charge in [0.2, 0.25) is 11.7 Å². The summed E-state index contributed by atoms with van der Waals surface area (Å²) in [6, 6.07) is 5.78. The van der Waals surface area contributed by atoms with E-state index in [4.69, 9.17) is 0 Å². The Labute approximate surface area is 145 Å². The third-order valence-corrected chi connectivity index (χ3v) is 4.89. The second-order valence-electron chi connectivity index (χ2n) is 6.70. The highest BCUT2D eigenvalue weighted by molar-refractivity contribution is 5.76. The maximum Gasteiger partial charge on any atom is 0.246 e. The molecule has 25 heavy (non-hydrogen) atoms. The van der Waals surface area contributed by atoms with Crippen LogP contribution in [0.2, 0.25) is 0 Å². The van der Waals surface area contributed by atoms with Gasteiger partial charge in [-0.3, -0.25) is 4.79 Å². The summed E-state index contributed by atoms with van der Waals surface area (Å²) in [5.74, 6) is -0.0284. The third-order valence-electron chi connectivity index (χ3n) is 4.89. The van der Waals surface area contributed by atoms with E-state index in [2.05, 4.69) is 15.4 Å². The molecule has 2 aromatic rings. The van der Waals surface area contributed by atoms with E-state index in [1.54, 1.807) is 17.0 Å². The first-order valence-corrected chi connectivity index (χ1v) is 8.43. The minimum Gasteiger partial charge on any atom is -0.390 e. The Morgan fingerprint density at radius 1 is 1.40 bits per heavy atom. The van der Waals surface area contributed by atoms with E-state index < -0.39 is 5.60 Å². The number of likely N-dealkylation sites (tertiary alicyclic amines) is 1. The SMILES string of the molecule is CC[C@H]1CN(C(=O)Cn2nnc(-c3ccc(F)cc3)n2)CC[C@@]1(C)O. The van der Waals surface area contributed by atoms with E-state index in [1.807, 2.05) is 13.8 Å². The molecule has 1 saturated heterocycles. The van der Waals surface area contributed by atoms with Crippen molar-refractivity contribution in [2.24, 2.45) is 5.92 Å².